The molecule has 2 rings (SSSR count). The van der Waals surface area contributed by atoms with E-state index in [0.717, 1.165) is 0 Å². The smallest absolute Gasteiger partial charge is 0.247 e. The van der Waals surface area contributed by atoms with Crippen molar-refractivity contribution in [3.63, 3.8) is 0 Å². The minimum Gasteiger partial charge on any atom is -0.247 e. The van der Waals surface area contributed by atoms with Crippen LogP contribution >= 0.6 is 0 Å². The number of halogens is 13. The predicted octanol–water partition coefficient (Wildman–Crippen LogP) is 4.44. The number of alkyl halides is 13. The summed E-state index contributed by atoms with van der Waals surface area (Å²) >= 11 is 0. The van der Waals surface area contributed by atoms with Gasteiger partial charge in [-0.1, -0.05) is 0 Å². The first-order chi connectivity index (χ1) is 9.95. The first-order valence-corrected chi connectivity index (χ1v) is 5.73. The van der Waals surface area contributed by atoms with Crippen molar-refractivity contribution in [1.82, 2.24) is 0 Å². The molecule has 0 aromatic carbocycles. The summed E-state index contributed by atoms with van der Waals surface area (Å²) in [5.74, 6) is -42.4. The standard InChI is InChI=1S/C10H5F13/c11-1-5(13)9(20,21)2-6(14,15)3(10(5,22)23)8(18,19)4(12)7(2,16)17/h2-4H,1H2. The van der Waals surface area contributed by atoms with Crippen LogP contribution in [0.4, 0.5) is 57.1 Å². The van der Waals surface area contributed by atoms with Gasteiger partial charge in [0.15, 0.2) is 11.8 Å². The molecule has 2 aliphatic carbocycles. The van der Waals surface area contributed by atoms with Crippen LogP contribution in [-0.2, 0) is 0 Å². The molecule has 0 aromatic heterocycles. The summed E-state index contributed by atoms with van der Waals surface area (Å²) in [5.41, 5.74) is -6.08. The van der Waals surface area contributed by atoms with Crippen LogP contribution in [0, 0.1) is 11.8 Å². The fraction of sp³-hybridized carbons (Fsp3) is 1.00. The van der Waals surface area contributed by atoms with Gasteiger partial charge in [0.25, 0.3) is 23.4 Å². The van der Waals surface area contributed by atoms with Gasteiger partial charge in [0, 0.05) is 0 Å². The van der Waals surface area contributed by atoms with E-state index in [-0.39, 0.29) is 0 Å². The van der Waals surface area contributed by atoms with Gasteiger partial charge in [0.2, 0.25) is 6.17 Å². The van der Waals surface area contributed by atoms with Gasteiger partial charge >= 0.3 is 11.8 Å². The van der Waals surface area contributed by atoms with Gasteiger partial charge in [-0.2, -0.15) is 0 Å². The Balaban J connectivity index is 2.90. The summed E-state index contributed by atoms with van der Waals surface area (Å²) in [6, 6.07) is 0. The summed E-state index contributed by atoms with van der Waals surface area (Å²) in [4.78, 5) is 0. The Hall–Kier alpha value is -0.910. The van der Waals surface area contributed by atoms with Crippen LogP contribution in [0.15, 0.2) is 0 Å². The molecule has 136 valence electrons. The molecule has 0 nitrogen and oxygen atoms in total. The zero-order valence-electron chi connectivity index (χ0n) is 10.4. The summed E-state index contributed by atoms with van der Waals surface area (Å²) in [6.45, 7) is -3.51. The summed E-state index contributed by atoms with van der Waals surface area (Å²) in [7, 11) is 0. The largest absolute Gasteiger partial charge is 0.304 e. The van der Waals surface area contributed by atoms with Crippen LogP contribution < -0.4 is 0 Å². The Bertz CT molecular complexity index is 471. The molecular weight excluding hydrogens is 367 g/mol. The SMILES string of the molecule is FCC1(F)C(F)(F)C2C(F)(F)C(F)C(F)(F)C(C2(F)F)C1(F)F. The minimum atomic E-state index is -6.53. The van der Waals surface area contributed by atoms with Crippen molar-refractivity contribution >= 4 is 0 Å². The topological polar surface area (TPSA) is 0 Å². The Morgan fingerprint density at radius 2 is 0.870 bits per heavy atom. The maximum atomic E-state index is 13.7. The van der Waals surface area contributed by atoms with Crippen molar-refractivity contribution in [2.45, 2.75) is 41.5 Å². The third kappa shape index (κ3) is 1.66. The number of hydrogen-bond donors (Lipinski definition) is 0. The highest BCUT2D eigenvalue weighted by atomic mass is 19.3. The molecule has 13 heteroatoms. The van der Waals surface area contributed by atoms with Crippen molar-refractivity contribution in [3.05, 3.63) is 0 Å². The number of rotatable bonds is 1. The normalized spacial score (nSPS) is 45.5. The van der Waals surface area contributed by atoms with E-state index in [1.807, 2.05) is 0 Å². The maximum absolute atomic E-state index is 13.7. The van der Waals surface area contributed by atoms with Crippen molar-refractivity contribution in [3.8, 4) is 0 Å². The molecule has 2 saturated carbocycles. The van der Waals surface area contributed by atoms with Gasteiger partial charge in [-0.05, 0) is 0 Å². The molecule has 0 radical (unpaired) electrons. The van der Waals surface area contributed by atoms with E-state index >= 15 is 0 Å². The third-order valence-corrected chi connectivity index (χ3v) is 4.18. The second kappa shape index (κ2) is 4.19. The highest BCUT2D eigenvalue weighted by Crippen LogP contribution is 2.73. The molecule has 0 saturated heterocycles. The van der Waals surface area contributed by atoms with E-state index in [9.17, 15) is 57.1 Å². The summed E-state index contributed by atoms with van der Waals surface area (Å²) in [6.07, 6.45) is -5.16. The lowest BCUT2D eigenvalue weighted by Crippen LogP contribution is -2.85. The van der Waals surface area contributed by atoms with Gasteiger partial charge in [-0.25, -0.2) is 57.1 Å². The molecule has 0 aliphatic heterocycles. The lowest BCUT2D eigenvalue weighted by Gasteiger charge is -2.59. The molecule has 2 aliphatic rings. The van der Waals surface area contributed by atoms with Crippen LogP contribution in [0.5, 0.6) is 0 Å². The zero-order chi connectivity index (χ0) is 18.4. The lowest BCUT2D eigenvalue weighted by atomic mass is 9.56. The molecule has 0 heterocycles. The van der Waals surface area contributed by atoms with Crippen LogP contribution in [0.25, 0.3) is 0 Å². The van der Waals surface area contributed by atoms with Gasteiger partial charge < -0.3 is 0 Å². The second-order valence-corrected chi connectivity index (χ2v) is 5.43. The summed E-state index contributed by atoms with van der Waals surface area (Å²) in [5, 5.41) is 0. The number of fused-ring (bicyclic) bond motifs is 2. The Labute approximate surface area is 118 Å². The average Bonchev–Trinajstić information content (AvgIpc) is 2.31. The van der Waals surface area contributed by atoms with E-state index in [2.05, 4.69) is 0 Å². The Kier molecular flexibility index (Phi) is 3.35. The van der Waals surface area contributed by atoms with Crippen molar-refractivity contribution in [2.75, 3.05) is 6.67 Å². The van der Waals surface area contributed by atoms with Crippen LogP contribution in [-0.4, -0.2) is 48.1 Å². The molecule has 2 atom stereocenters. The van der Waals surface area contributed by atoms with E-state index in [0.29, 0.717) is 0 Å². The van der Waals surface area contributed by atoms with Crippen molar-refractivity contribution in [1.29, 1.82) is 0 Å². The second-order valence-electron chi connectivity index (χ2n) is 5.43. The van der Waals surface area contributed by atoms with Crippen LogP contribution in [0.1, 0.15) is 0 Å². The highest BCUT2D eigenvalue weighted by Gasteiger charge is 2.97. The molecule has 0 aromatic rings. The molecule has 0 N–H and O–H groups in total. The molecule has 23 heavy (non-hydrogen) atoms. The fourth-order valence-electron chi connectivity index (χ4n) is 3.05. The van der Waals surface area contributed by atoms with Crippen LogP contribution in [0.2, 0.25) is 0 Å². The van der Waals surface area contributed by atoms with Crippen molar-refractivity contribution < 1.29 is 57.1 Å². The quantitative estimate of drug-likeness (QED) is 0.598. The van der Waals surface area contributed by atoms with Gasteiger partial charge in [-0.3, -0.25) is 0 Å². The first kappa shape index (κ1) is 18.4. The highest BCUT2D eigenvalue weighted by molar-refractivity contribution is 5.28. The Morgan fingerprint density at radius 3 is 1.13 bits per heavy atom. The Morgan fingerprint density at radius 1 is 0.565 bits per heavy atom. The monoisotopic (exact) mass is 372 g/mol. The molecule has 2 fully saturated rings. The molecule has 2 unspecified atom stereocenters. The zero-order valence-corrected chi connectivity index (χ0v) is 10.4. The van der Waals surface area contributed by atoms with Crippen LogP contribution in [0.3, 0.4) is 0 Å². The predicted molar refractivity (Wildman–Crippen MR) is 46.4 cm³/mol. The molecule has 2 bridgehead atoms. The van der Waals surface area contributed by atoms with Crippen molar-refractivity contribution in [2.24, 2.45) is 11.8 Å². The van der Waals surface area contributed by atoms with E-state index < -0.39 is 60.0 Å². The fourth-order valence-corrected chi connectivity index (χ4v) is 3.05. The maximum Gasteiger partial charge on any atom is 0.304 e. The minimum absolute atomic E-state index is 3.51. The number of hydrogen-bond acceptors (Lipinski definition) is 0. The van der Waals surface area contributed by atoms with Gasteiger partial charge in [-0.15, -0.1) is 0 Å². The molecule has 0 spiro atoms. The van der Waals surface area contributed by atoms with E-state index in [4.69, 9.17) is 0 Å². The lowest BCUT2D eigenvalue weighted by molar-refractivity contribution is -0.464. The molecular formula is C10H5F13. The van der Waals surface area contributed by atoms with E-state index in [1.54, 1.807) is 0 Å². The van der Waals surface area contributed by atoms with Gasteiger partial charge in [0.1, 0.15) is 6.67 Å². The van der Waals surface area contributed by atoms with Gasteiger partial charge in [0.05, 0.1) is 0 Å². The summed E-state index contributed by atoms with van der Waals surface area (Å²) < 4.78 is 174. The first-order valence-electron chi connectivity index (χ1n) is 5.73. The van der Waals surface area contributed by atoms with E-state index in [1.165, 1.54) is 0 Å². The third-order valence-electron chi connectivity index (χ3n) is 4.18. The molecule has 0 amide bonds. The average molecular weight is 372 g/mol.